The number of aliphatic hydroxyl groups is 1. The number of halogens is 3. The molecule has 0 heterocycles. The Hall–Kier alpha value is 0.680. The van der Waals surface area contributed by atoms with Gasteiger partial charge < -0.3 is 5.11 Å². The van der Waals surface area contributed by atoms with E-state index in [4.69, 9.17) is 11.6 Å². The van der Waals surface area contributed by atoms with Crippen LogP contribution in [-0.4, -0.2) is 20.5 Å². The zero-order chi connectivity index (χ0) is 11.5. The van der Waals surface area contributed by atoms with E-state index in [1.807, 2.05) is 19.1 Å². The maximum absolute atomic E-state index is 9.75. The Bertz CT molecular complexity index is 313. The summed E-state index contributed by atoms with van der Waals surface area (Å²) in [6.07, 6.45) is 0.331. The lowest BCUT2D eigenvalue weighted by Gasteiger charge is -2.27. The molecule has 0 fully saturated rings. The molecule has 0 saturated heterocycles. The van der Waals surface area contributed by atoms with Gasteiger partial charge in [-0.3, -0.25) is 0 Å². The van der Waals surface area contributed by atoms with E-state index in [9.17, 15) is 5.11 Å². The molecule has 0 amide bonds. The third-order valence-corrected chi connectivity index (χ3v) is 4.23. The normalized spacial score (nSPS) is 17.1. The van der Waals surface area contributed by atoms with Crippen molar-refractivity contribution in [2.24, 2.45) is 0 Å². The van der Waals surface area contributed by atoms with Gasteiger partial charge in [0.25, 0.3) is 0 Å². The van der Waals surface area contributed by atoms with Gasteiger partial charge in [0.15, 0.2) is 0 Å². The van der Waals surface area contributed by atoms with Crippen molar-refractivity contribution in [3.05, 3.63) is 34.3 Å². The molecule has 84 valence electrons. The summed E-state index contributed by atoms with van der Waals surface area (Å²) in [5, 5.41) is 9.75. The van der Waals surface area contributed by atoms with E-state index < -0.39 is 6.10 Å². The molecule has 0 aliphatic carbocycles. The van der Waals surface area contributed by atoms with Crippen LogP contribution in [0.5, 0.6) is 0 Å². The summed E-state index contributed by atoms with van der Waals surface area (Å²) < 4.78 is 0.854. The van der Waals surface area contributed by atoms with Crippen molar-refractivity contribution in [1.82, 2.24) is 0 Å². The van der Waals surface area contributed by atoms with Gasteiger partial charge in [-0.25, -0.2) is 0 Å². The second-order valence-electron chi connectivity index (χ2n) is 3.75. The summed E-state index contributed by atoms with van der Waals surface area (Å²) in [5.41, 5.74) is 1.21. The fourth-order valence-electron chi connectivity index (χ4n) is 1.28. The number of alkyl halides is 2. The van der Waals surface area contributed by atoms with Crippen LogP contribution in [-0.2, 0) is 6.42 Å². The first-order valence-electron chi connectivity index (χ1n) is 4.63. The molecule has 1 aromatic carbocycles. The Morgan fingerprint density at radius 2 is 2.00 bits per heavy atom. The molecule has 4 heteroatoms. The molecule has 1 nitrogen and oxygen atoms in total. The molecule has 0 bridgehead atoms. The van der Waals surface area contributed by atoms with Crippen LogP contribution in [0.1, 0.15) is 12.5 Å². The first-order chi connectivity index (χ1) is 6.95. The van der Waals surface area contributed by atoms with Crippen LogP contribution in [0.3, 0.4) is 0 Å². The van der Waals surface area contributed by atoms with Crippen molar-refractivity contribution >= 4 is 50.1 Å². The topological polar surface area (TPSA) is 20.2 Å². The fraction of sp³-hybridized carbons (Fsp3) is 0.455. The molecular formula is C11H13BrClIO. The average molecular weight is 403 g/mol. The molecule has 0 saturated carbocycles. The molecule has 15 heavy (non-hydrogen) atoms. The van der Waals surface area contributed by atoms with Crippen LogP contribution in [0.2, 0.25) is 0 Å². The van der Waals surface area contributed by atoms with Gasteiger partial charge in [0.05, 0.1) is 9.53 Å². The number of aliphatic hydroxyl groups excluding tert-OH is 1. The smallest absolute Gasteiger partial charge is 0.0821 e. The first kappa shape index (κ1) is 13.7. The van der Waals surface area contributed by atoms with Crippen LogP contribution < -0.4 is 0 Å². The highest BCUT2D eigenvalue weighted by Crippen LogP contribution is 2.28. The lowest BCUT2D eigenvalue weighted by atomic mass is 9.97. The van der Waals surface area contributed by atoms with E-state index in [-0.39, 0.29) is 9.30 Å². The highest BCUT2D eigenvalue weighted by atomic mass is 127. The maximum atomic E-state index is 9.75. The van der Waals surface area contributed by atoms with Crippen LogP contribution in [0.25, 0.3) is 0 Å². The zero-order valence-electron chi connectivity index (χ0n) is 8.38. The summed E-state index contributed by atoms with van der Waals surface area (Å²) in [5.74, 6) is 0.274. The average Bonchev–Trinajstić information content (AvgIpc) is 2.20. The Morgan fingerprint density at radius 1 is 1.47 bits per heavy atom. The summed E-state index contributed by atoms with van der Waals surface area (Å²) in [6.45, 7) is 2.02. The minimum atomic E-state index is -0.483. The third-order valence-electron chi connectivity index (χ3n) is 2.30. The van der Waals surface area contributed by atoms with Crippen molar-refractivity contribution < 1.29 is 5.11 Å². The fourth-order valence-corrected chi connectivity index (χ4v) is 2.81. The van der Waals surface area contributed by atoms with Gasteiger partial charge in [-0.1, -0.05) is 50.7 Å². The van der Waals surface area contributed by atoms with Gasteiger partial charge in [0, 0.05) is 10.4 Å². The summed E-state index contributed by atoms with van der Waals surface area (Å²) in [7, 11) is 0. The SMILES string of the molecule is C[C@@](I)(Cc1ccc(Br)cc1)[C@H](O)CCl. The minimum absolute atomic E-state index is 0.215. The van der Waals surface area contributed by atoms with Crippen molar-refractivity contribution in [1.29, 1.82) is 0 Å². The molecule has 1 rings (SSSR count). The molecule has 1 aromatic rings. The summed E-state index contributed by atoms with van der Waals surface area (Å²) >= 11 is 11.3. The van der Waals surface area contributed by atoms with Crippen LogP contribution in [0.4, 0.5) is 0 Å². The Labute approximate surface area is 117 Å². The molecule has 0 aliphatic rings. The van der Waals surface area contributed by atoms with E-state index in [0.29, 0.717) is 0 Å². The highest BCUT2D eigenvalue weighted by molar-refractivity contribution is 14.1. The standard InChI is InChI=1S/C11H13BrClIO/c1-11(14,10(15)7-13)6-8-2-4-9(12)5-3-8/h2-5,10,15H,6-7H2,1H3/t10-,11-/m1/s1. The minimum Gasteiger partial charge on any atom is -0.390 e. The van der Waals surface area contributed by atoms with Gasteiger partial charge in [-0.05, 0) is 31.0 Å². The predicted molar refractivity (Wildman–Crippen MR) is 77.0 cm³/mol. The van der Waals surface area contributed by atoms with E-state index in [1.165, 1.54) is 5.56 Å². The van der Waals surface area contributed by atoms with E-state index in [2.05, 4.69) is 50.7 Å². The van der Waals surface area contributed by atoms with Crippen LogP contribution in [0.15, 0.2) is 28.7 Å². The lowest BCUT2D eigenvalue weighted by molar-refractivity contribution is 0.164. The van der Waals surface area contributed by atoms with Gasteiger partial charge in [0.2, 0.25) is 0 Å². The van der Waals surface area contributed by atoms with Gasteiger partial charge in [-0.2, -0.15) is 0 Å². The van der Waals surface area contributed by atoms with Crippen LogP contribution >= 0.6 is 50.1 Å². The van der Waals surface area contributed by atoms with Crippen molar-refractivity contribution in [3.8, 4) is 0 Å². The van der Waals surface area contributed by atoms with Gasteiger partial charge in [0.1, 0.15) is 0 Å². The van der Waals surface area contributed by atoms with E-state index in [0.717, 1.165) is 10.9 Å². The van der Waals surface area contributed by atoms with Crippen molar-refractivity contribution in [3.63, 3.8) is 0 Å². The zero-order valence-corrected chi connectivity index (χ0v) is 12.9. The molecule has 0 spiro atoms. The number of hydrogen-bond acceptors (Lipinski definition) is 1. The first-order valence-corrected chi connectivity index (χ1v) is 7.04. The molecule has 2 atom stereocenters. The van der Waals surface area contributed by atoms with Crippen LogP contribution in [0, 0.1) is 0 Å². The maximum Gasteiger partial charge on any atom is 0.0821 e. The van der Waals surface area contributed by atoms with Gasteiger partial charge in [-0.15, -0.1) is 11.6 Å². The molecule has 0 radical (unpaired) electrons. The molecule has 0 aliphatic heterocycles. The second kappa shape index (κ2) is 5.84. The quantitative estimate of drug-likeness (QED) is 0.599. The Balaban J connectivity index is 2.72. The molecule has 1 N–H and O–H groups in total. The predicted octanol–water partition coefficient (Wildman–Crippen LogP) is 3.79. The Kier molecular flexibility index (Phi) is 5.36. The van der Waals surface area contributed by atoms with Gasteiger partial charge >= 0.3 is 0 Å². The number of hydrogen-bond donors (Lipinski definition) is 1. The summed E-state index contributed by atoms with van der Waals surface area (Å²) in [6, 6.07) is 8.13. The van der Waals surface area contributed by atoms with Crippen molar-refractivity contribution in [2.45, 2.75) is 22.9 Å². The third kappa shape index (κ3) is 4.21. The highest BCUT2D eigenvalue weighted by Gasteiger charge is 2.29. The number of benzene rings is 1. The lowest BCUT2D eigenvalue weighted by Crippen LogP contribution is -2.36. The van der Waals surface area contributed by atoms with E-state index >= 15 is 0 Å². The largest absolute Gasteiger partial charge is 0.390 e. The monoisotopic (exact) mass is 402 g/mol. The van der Waals surface area contributed by atoms with E-state index in [1.54, 1.807) is 0 Å². The Morgan fingerprint density at radius 3 is 2.47 bits per heavy atom. The molecule has 0 unspecified atom stereocenters. The summed E-state index contributed by atoms with van der Waals surface area (Å²) in [4.78, 5) is 0. The second-order valence-corrected chi connectivity index (χ2v) is 7.44. The molecule has 0 aromatic heterocycles. The molecular weight excluding hydrogens is 390 g/mol. The number of rotatable bonds is 4. The van der Waals surface area contributed by atoms with Crippen molar-refractivity contribution in [2.75, 3.05) is 5.88 Å².